The van der Waals surface area contributed by atoms with E-state index in [1.54, 1.807) is 0 Å². The van der Waals surface area contributed by atoms with Crippen LogP contribution >= 0.6 is 11.6 Å². The van der Waals surface area contributed by atoms with E-state index in [2.05, 4.69) is 54.1 Å². The molecule has 0 radical (unpaired) electrons. The third kappa shape index (κ3) is 3.51. The van der Waals surface area contributed by atoms with Crippen molar-refractivity contribution in [1.29, 1.82) is 0 Å². The summed E-state index contributed by atoms with van der Waals surface area (Å²) in [7, 11) is 0. The van der Waals surface area contributed by atoms with Gasteiger partial charge in [0.15, 0.2) is 0 Å². The molecule has 2 aromatic rings. The van der Waals surface area contributed by atoms with Crippen molar-refractivity contribution in [3.63, 3.8) is 0 Å². The fourth-order valence-electron chi connectivity index (χ4n) is 2.30. The highest BCUT2D eigenvalue weighted by Crippen LogP contribution is 2.21. The quantitative estimate of drug-likeness (QED) is 0.755. The standard InChI is InChI=1S/C17H21ClN2/c1-4-20(12-16-7-5-6-14(3)19-16)17-9-8-15(11-18)13(2)10-17/h5-10H,4,11-12H2,1-3H3. The van der Waals surface area contributed by atoms with E-state index in [0.717, 1.165) is 24.5 Å². The summed E-state index contributed by atoms with van der Waals surface area (Å²) in [5.74, 6) is 0.567. The number of benzene rings is 1. The summed E-state index contributed by atoms with van der Waals surface area (Å²) in [6.45, 7) is 8.09. The van der Waals surface area contributed by atoms with Crippen LogP contribution in [-0.2, 0) is 12.4 Å². The number of hydrogen-bond acceptors (Lipinski definition) is 2. The predicted octanol–water partition coefficient (Wildman–Crippen LogP) is 4.46. The zero-order valence-electron chi connectivity index (χ0n) is 12.4. The molecule has 0 bridgehead atoms. The summed E-state index contributed by atoms with van der Waals surface area (Å²) in [4.78, 5) is 6.91. The number of anilines is 1. The Morgan fingerprint density at radius 2 is 1.95 bits per heavy atom. The first kappa shape index (κ1) is 14.9. The summed E-state index contributed by atoms with van der Waals surface area (Å²) < 4.78 is 0. The van der Waals surface area contributed by atoms with Crippen LogP contribution in [0.5, 0.6) is 0 Å². The molecule has 20 heavy (non-hydrogen) atoms. The van der Waals surface area contributed by atoms with Crippen molar-refractivity contribution in [1.82, 2.24) is 4.98 Å². The van der Waals surface area contributed by atoms with Crippen LogP contribution in [0, 0.1) is 13.8 Å². The summed E-state index contributed by atoms with van der Waals surface area (Å²) in [6, 6.07) is 12.6. The number of nitrogens with zero attached hydrogens (tertiary/aromatic N) is 2. The van der Waals surface area contributed by atoms with Crippen molar-refractivity contribution in [2.24, 2.45) is 0 Å². The Bertz CT molecular complexity index is 581. The van der Waals surface area contributed by atoms with Crippen molar-refractivity contribution >= 4 is 17.3 Å². The normalized spacial score (nSPS) is 10.6. The number of aryl methyl sites for hydroxylation is 2. The first-order chi connectivity index (χ1) is 9.63. The topological polar surface area (TPSA) is 16.1 Å². The van der Waals surface area contributed by atoms with E-state index in [4.69, 9.17) is 11.6 Å². The molecule has 1 heterocycles. The highest BCUT2D eigenvalue weighted by molar-refractivity contribution is 6.17. The largest absolute Gasteiger partial charge is 0.366 e. The zero-order valence-corrected chi connectivity index (χ0v) is 13.1. The van der Waals surface area contributed by atoms with Crippen molar-refractivity contribution < 1.29 is 0 Å². The first-order valence-electron chi connectivity index (χ1n) is 6.97. The Kier molecular flexibility index (Phi) is 5.02. The fraction of sp³-hybridized carbons (Fsp3) is 0.353. The van der Waals surface area contributed by atoms with Crippen LogP contribution in [0.3, 0.4) is 0 Å². The maximum atomic E-state index is 5.92. The summed E-state index contributed by atoms with van der Waals surface area (Å²) in [5.41, 5.74) is 5.83. The molecule has 0 aliphatic heterocycles. The van der Waals surface area contributed by atoms with Crippen LogP contribution in [-0.4, -0.2) is 11.5 Å². The number of alkyl halides is 1. The van der Waals surface area contributed by atoms with Gasteiger partial charge < -0.3 is 4.90 Å². The molecule has 106 valence electrons. The highest BCUT2D eigenvalue weighted by Gasteiger charge is 2.08. The lowest BCUT2D eigenvalue weighted by molar-refractivity contribution is 0.805. The molecule has 3 heteroatoms. The molecule has 0 saturated carbocycles. The third-order valence-corrected chi connectivity index (χ3v) is 3.80. The SMILES string of the molecule is CCN(Cc1cccc(C)n1)c1ccc(CCl)c(C)c1. The molecular weight excluding hydrogens is 268 g/mol. The summed E-state index contributed by atoms with van der Waals surface area (Å²) in [6.07, 6.45) is 0. The monoisotopic (exact) mass is 288 g/mol. The average Bonchev–Trinajstić information content (AvgIpc) is 2.44. The van der Waals surface area contributed by atoms with Gasteiger partial charge in [-0.1, -0.05) is 12.1 Å². The van der Waals surface area contributed by atoms with Crippen molar-refractivity contribution in [3.8, 4) is 0 Å². The molecule has 0 aliphatic rings. The van der Waals surface area contributed by atoms with Crippen LogP contribution in [0.25, 0.3) is 0 Å². The molecule has 0 aliphatic carbocycles. The first-order valence-corrected chi connectivity index (χ1v) is 7.50. The van der Waals surface area contributed by atoms with Crippen molar-refractivity contribution in [3.05, 3.63) is 58.9 Å². The summed E-state index contributed by atoms with van der Waals surface area (Å²) >= 11 is 5.92. The van der Waals surface area contributed by atoms with Crippen molar-refractivity contribution in [2.75, 3.05) is 11.4 Å². The molecule has 0 saturated heterocycles. The molecule has 0 unspecified atom stereocenters. The van der Waals surface area contributed by atoms with E-state index in [-0.39, 0.29) is 0 Å². The molecule has 0 amide bonds. The Morgan fingerprint density at radius 3 is 2.55 bits per heavy atom. The molecule has 0 N–H and O–H groups in total. The molecule has 2 nitrogen and oxygen atoms in total. The van der Waals surface area contributed by atoms with Gasteiger partial charge in [-0.05, 0) is 56.2 Å². The minimum Gasteiger partial charge on any atom is -0.366 e. The Balaban J connectivity index is 2.22. The molecule has 0 spiro atoms. The summed E-state index contributed by atoms with van der Waals surface area (Å²) in [5, 5.41) is 0. The minimum atomic E-state index is 0.567. The number of rotatable bonds is 5. The lowest BCUT2D eigenvalue weighted by Crippen LogP contribution is -2.22. The second-order valence-electron chi connectivity index (χ2n) is 5.03. The van der Waals surface area contributed by atoms with E-state index in [1.807, 2.05) is 13.0 Å². The average molecular weight is 289 g/mol. The second kappa shape index (κ2) is 6.76. The van der Waals surface area contributed by atoms with Crippen molar-refractivity contribution in [2.45, 2.75) is 33.2 Å². The Labute approximate surface area is 126 Å². The van der Waals surface area contributed by atoms with Gasteiger partial charge in [-0.3, -0.25) is 4.98 Å². The van der Waals surface area contributed by atoms with Crippen LogP contribution < -0.4 is 4.90 Å². The van der Waals surface area contributed by atoms with Gasteiger partial charge in [0.25, 0.3) is 0 Å². The molecule has 1 aromatic carbocycles. The Hall–Kier alpha value is -1.54. The van der Waals surface area contributed by atoms with Crippen LogP contribution in [0.2, 0.25) is 0 Å². The fourth-order valence-corrected chi connectivity index (χ4v) is 2.60. The van der Waals surface area contributed by atoms with Crippen LogP contribution in [0.4, 0.5) is 5.69 Å². The lowest BCUT2D eigenvalue weighted by Gasteiger charge is -2.24. The van der Waals surface area contributed by atoms with E-state index in [1.165, 1.54) is 16.8 Å². The van der Waals surface area contributed by atoms with Gasteiger partial charge in [0.1, 0.15) is 0 Å². The van der Waals surface area contributed by atoms with Gasteiger partial charge in [-0.2, -0.15) is 0 Å². The predicted molar refractivity (Wildman–Crippen MR) is 86.4 cm³/mol. The van der Waals surface area contributed by atoms with Gasteiger partial charge >= 0.3 is 0 Å². The van der Waals surface area contributed by atoms with Gasteiger partial charge in [0.2, 0.25) is 0 Å². The molecule has 1 aromatic heterocycles. The Morgan fingerprint density at radius 1 is 1.15 bits per heavy atom. The van der Waals surface area contributed by atoms with Gasteiger partial charge in [0, 0.05) is 23.8 Å². The number of hydrogen-bond donors (Lipinski definition) is 0. The molecule has 2 rings (SSSR count). The molecule has 0 fully saturated rings. The van der Waals surface area contributed by atoms with Crippen LogP contribution in [0.1, 0.15) is 29.4 Å². The number of halogens is 1. The maximum Gasteiger partial charge on any atom is 0.0602 e. The minimum absolute atomic E-state index is 0.567. The van der Waals surface area contributed by atoms with E-state index in [9.17, 15) is 0 Å². The number of pyridine rings is 1. The second-order valence-corrected chi connectivity index (χ2v) is 5.30. The van der Waals surface area contributed by atoms with Gasteiger partial charge in [0.05, 0.1) is 12.2 Å². The van der Waals surface area contributed by atoms with E-state index in [0.29, 0.717) is 5.88 Å². The zero-order chi connectivity index (χ0) is 14.5. The molecule has 0 atom stereocenters. The maximum absolute atomic E-state index is 5.92. The van der Waals surface area contributed by atoms with E-state index < -0.39 is 0 Å². The van der Waals surface area contributed by atoms with E-state index >= 15 is 0 Å². The third-order valence-electron chi connectivity index (χ3n) is 3.52. The molecular formula is C17H21ClN2. The number of aromatic nitrogens is 1. The van der Waals surface area contributed by atoms with Gasteiger partial charge in [-0.25, -0.2) is 0 Å². The smallest absolute Gasteiger partial charge is 0.0602 e. The highest BCUT2D eigenvalue weighted by atomic mass is 35.5. The van der Waals surface area contributed by atoms with Crippen LogP contribution in [0.15, 0.2) is 36.4 Å². The lowest BCUT2D eigenvalue weighted by atomic mass is 10.1. The van der Waals surface area contributed by atoms with Gasteiger partial charge in [-0.15, -0.1) is 11.6 Å².